The first kappa shape index (κ1) is 10.0. The zero-order valence-corrected chi connectivity index (χ0v) is 9.27. The third-order valence-corrected chi connectivity index (χ3v) is 3.33. The molecule has 0 unspecified atom stereocenters. The van der Waals surface area contributed by atoms with E-state index in [1.807, 2.05) is 6.07 Å². The summed E-state index contributed by atoms with van der Waals surface area (Å²) in [6.45, 7) is 2.13. The molecule has 0 aromatic heterocycles. The summed E-state index contributed by atoms with van der Waals surface area (Å²) in [7, 11) is 0. The molecule has 0 amide bonds. The number of nitrogens with two attached hydrogens (primary N) is 1. The number of rotatable bonds is 3. The molecule has 1 aliphatic rings. The van der Waals surface area contributed by atoms with Crippen LogP contribution in [0.5, 0.6) is 0 Å². The third kappa shape index (κ3) is 2.28. The lowest BCUT2D eigenvalue weighted by Crippen LogP contribution is -2.22. The summed E-state index contributed by atoms with van der Waals surface area (Å²) in [4.78, 5) is 0. The van der Waals surface area contributed by atoms with Crippen molar-refractivity contribution in [1.29, 1.82) is 0 Å². The predicted molar refractivity (Wildman–Crippen MR) is 60.7 cm³/mol. The van der Waals surface area contributed by atoms with Gasteiger partial charge in [0.25, 0.3) is 0 Å². The zero-order chi connectivity index (χ0) is 10.2. The molecular formula is C12H16ClN. The second kappa shape index (κ2) is 3.56. The van der Waals surface area contributed by atoms with Crippen molar-refractivity contribution in [3.8, 4) is 0 Å². The van der Waals surface area contributed by atoms with Gasteiger partial charge < -0.3 is 5.73 Å². The highest BCUT2D eigenvalue weighted by molar-refractivity contribution is 6.30. The summed E-state index contributed by atoms with van der Waals surface area (Å²) in [6.07, 6.45) is 4.52. The Morgan fingerprint density at radius 1 is 1.43 bits per heavy atom. The van der Waals surface area contributed by atoms with Crippen LogP contribution >= 0.6 is 11.6 Å². The van der Waals surface area contributed by atoms with Gasteiger partial charge in [-0.2, -0.15) is 0 Å². The van der Waals surface area contributed by atoms with Gasteiger partial charge in [-0.3, -0.25) is 0 Å². The molecule has 0 aliphatic heterocycles. The van der Waals surface area contributed by atoms with Crippen molar-refractivity contribution < 1.29 is 0 Å². The highest BCUT2D eigenvalue weighted by Crippen LogP contribution is 2.36. The lowest BCUT2D eigenvalue weighted by Gasteiger charge is -2.10. The molecule has 0 saturated heterocycles. The summed E-state index contributed by atoms with van der Waals surface area (Å²) in [6, 6.07) is 6.08. The minimum Gasteiger partial charge on any atom is -0.325 e. The van der Waals surface area contributed by atoms with Gasteiger partial charge in [0.05, 0.1) is 0 Å². The van der Waals surface area contributed by atoms with Crippen LogP contribution in [-0.2, 0) is 6.42 Å². The molecule has 76 valence electrons. The fraction of sp³-hybridized carbons (Fsp3) is 0.500. The fourth-order valence-electron chi connectivity index (χ4n) is 1.70. The van der Waals surface area contributed by atoms with E-state index in [1.54, 1.807) is 0 Å². The maximum atomic E-state index is 6.05. The Hall–Kier alpha value is -0.530. The van der Waals surface area contributed by atoms with E-state index in [9.17, 15) is 0 Å². The molecule has 0 spiro atoms. The molecule has 2 N–H and O–H groups in total. The Kier molecular flexibility index (Phi) is 2.54. The van der Waals surface area contributed by atoms with E-state index in [1.165, 1.54) is 24.0 Å². The van der Waals surface area contributed by atoms with Crippen molar-refractivity contribution in [2.45, 2.75) is 38.1 Å². The van der Waals surface area contributed by atoms with E-state index >= 15 is 0 Å². The van der Waals surface area contributed by atoms with Crippen LogP contribution in [0.15, 0.2) is 18.2 Å². The number of halogens is 1. The summed E-state index contributed by atoms with van der Waals surface area (Å²) < 4.78 is 0. The summed E-state index contributed by atoms with van der Waals surface area (Å²) in [5, 5.41) is 0.826. The van der Waals surface area contributed by atoms with Crippen molar-refractivity contribution in [2.75, 3.05) is 0 Å². The largest absolute Gasteiger partial charge is 0.325 e. The summed E-state index contributed by atoms with van der Waals surface area (Å²) in [5.74, 6) is 0. The van der Waals surface area contributed by atoms with Crippen LogP contribution in [0.1, 0.15) is 30.4 Å². The molecule has 2 rings (SSSR count). The average molecular weight is 210 g/mol. The lowest BCUT2D eigenvalue weighted by molar-refractivity contribution is 0.608. The molecule has 1 fully saturated rings. The average Bonchev–Trinajstić information content (AvgIpc) is 2.87. The predicted octanol–water partition coefficient (Wildman–Crippen LogP) is 3.07. The molecular weight excluding hydrogens is 194 g/mol. The van der Waals surface area contributed by atoms with Gasteiger partial charge in [-0.15, -0.1) is 0 Å². The van der Waals surface area contributed by atoms with E-state index in [2.05, 4.69) is 19.1 Å². The quantitative estimate of drug-likeness (QED) is 0.814. The summed E-state index contributed by atoms with van der Waals surface area (Å²) in [5.41, 5.74) is 8.86. The second-order valence-corrected chi connectivity index (χ2v) is 4.87. The van der Waals surface area contributed by atoms with Crippen LogP contribution in [0.25, 0.3) is 0 Å². The molecule has 1 nitrogen and oxygen atoms in total. The molecule has 0 radical (unpaired) electrons. The zero-order valence-electron chi connectivity index (χ0n) is 8.52. The Bertz CT molecular complexity index is 342. The minimum absolute atomic E-state index is 0.148. The first-order valence-electron chi connectivity index (χ1n) is 5.13. The van der Waals surface area contributed by atoms with Crippen LogP contribution in [0.4, 0.5) is 0 Å². The SMILES string of the molecule is Cc1ccc(Cl)cc1CCC1(N)CC1. The molecule has 2 heteroatoms. The Morgan fingerprint density at radius 3 is 2.79 bits per heavy atom. The standard InChI is InChI=1S/C12H16ClN/c1-9-2-3-11(13)8-10(9)4-5-12(14)6-7-12/h2-3,8H,4-7,14H2,1H3. The number of hydrogen-bond acceptors (Lipinski definition) is 1. The van der Waals surface area contributed by atoms with E-state index in [0.29, 0.717) is 0 Å². The second-order valence-electron chi connectivity index (χ2n) is 4.43. The highest BCUT2D eigenvalue weighted by Gasteiger charge is 2.37. The molecule has 14 heavy (non-hydrogen) atoms. The van der Waals surface area contributed by atoms with Crippen LogP contribution in [-0.4, -0.2) is 5.54 Å². The van der Waals surface area contributed by atoms with Crippen LogP contribution < -0.4 is 5.73 Å². The fourth-order valence-corrected chi connectivity index (χ4v) is 1.90. The van der Waals surface area contributed by atoms with Gasteiger partial charge in [-0.05, 0) is 55.9 Å². The normalized spacial score (nSPS) is 18.2. The molecule has 0 heterocycles. The molecule has 1 aromatic carbocycles. The Labute approximate surface area is 90.3 Å². The minimum atomic E-state index is 0.148. The van der Waals surface area contributed by atoms with Crippen molar-refractivity contribution in [3.05, 3.63) is 34.3 Å². The number of benzene rings is 1. The summed E-state index contributed by atoms with van der Waals surface area (Å²) >= 11 is 5.95. The van der Waals surface area contributed by atoms with E-state index in [-0.39, 0.29) is 5.54 Å². The van der Waals surface area contributed by atoms with Gasteiger partial charge in [0.1, 0.15) is 0 Å². The first-order valence-corrected chi connectivity index (χ1v) is 5.51. The van der Waals surface area contributed by atoms with Crippen LogP contribution in [0.2, 0.25) is 5.02 Å². The van der Waals surface area contributed by atoms with E-state index < -0.39 is 0 Å². The van der Waals surface area contributed by atoms with Gasteiger partial charge in [0, 0.05) is 10.6 Å². The van der Waals surface area contributed by atoms with Crippen molar-refractivity contribution >= 4 is 11.6 Å². The van der Waals surface area contributed by atoms with Crippen LogP contribution in [0, 0.1) is 6.92 Å². The van der Waals surface area contributed by atoms with Gasteiger partial charge in [0.2, 0.25) is 0 Å². The monoisotopic (exact) mass is 209 g/mol. The van der Waals surface area contributed by atoms with E-state index in [4.69, 9.17) is 17.3 Å². The van der Waals surface area contributed by atoms with Gasteiger partial charge >= 0.3 is 0 Å². The maximum Gasteiger partial charge on any atom is 0.0408 e. The van der Waals surface area contributed by atoms with Crippen molar-refractivity contribution in [1.82, 2.24) is 0 Å². The van der Waals surface area contributed by atoms with Crippen molar-refractivity contribution in [3.63, 3.8) is 0 Å². The number of hydrogen-bond donors (Lipinski definition) is 1. The van der Waals surface area contributed by atoms with Gasteiger partial charge in [-0.25, -0.2) is 0 Å². The molecule has 1 aromatic rings. The lowest BCUT2D eigenvalue weighted by atomic mass is 10.0. The highest BCUT2D eigenvalue weighted by atomic mass is 35.5. The smallest absolute Gasteiger partial charge is 0.0408 e. The van der Waals surface area contributed by atoms with Gasteiger partial charge in [-0.1, -0.05) is 17.7 Å². The van der Waals surface area contributed by atoms with Crippen molar-refractivity contribution in [2.24, 2.45) is 5.73 Å². The Morgan fingerprint density at radius 2 is 2.14 bits per heavy atom. The molecule has 0 bridgehead atoms. The molecule has 1 aliphatic carbocycles. The third-order valence-electron chi connectivity index (χ3n) is 3.10. The maximum absolute atomic E-state index is 6.05. The molecule has 1 saturated carbocycles. The molecule has 0 atom stereocenters. The van der Waals surface area contributed by atoms with E-state index in [0.717, 1.165) is 17.9 Å². The van der Waals surface area contributed by atoms with Gasteiger partial charge in [0.15, 0.2) is 0 Å². The topological polar surface area (TPSA) is 26.0 Å². The first-order chi connectivity index (χ1) is 6.59. The van der Waals surface area contributed by atoms with Crippen LogP contribution in [0.3, 0.4) is 0 Å². The number of aryl methyl sites for hydroxylation is 2. The Balaban J connectivity index is 2.04.